The summed E-state index contributed by atoms with van der Waals surface area (Å²) in [7, 11) is 3.96. The van der Waals surface area contributed by atoms with Crippen LogP contribution in [0.1, 0.15) is 38.8 Å². The average Bonchev–Trinajstić information content (AvgIpc) is 2.97. The van der Waals surface area contributed by atoms with Crippen LogP contribution < -0.4 is 31.2 Å². The Kier molecular flexibility index (Phi) is 33.6. The molecule has 0 unspecified atom stereocenters. The smallest absolute Gasteiger partial charge is 0.870 e. The summed E-state index contributed by atoms with van der Waals surface area (Å²) < 4.78 is 9.92. The first-order valence-electron chi connectivity index (χ1n) is 12.3. The van der Waals surface area contributed by atoms with Crippen LogP contribution in [0, 0.1) is 10.8 Å². The second kappa shape index (κ2) is 29.5. The number of aliphatic hydroxyl groups is 1. The third-order valence-corrected chi connectivity index (χ3v) is 5.06. The molecular weight excluding hydrogens is 662 g/mol. The van der Waals surface area contributed by atoms with Gasteiger partial charge < -0.3 is 58.4 Å². The first kappa shape index (κ1) is 50.1. The zero-order valence-corrected chi connectivity index (χ0v) is 27.9. The van der Waals surface area contributed by atoms with Gasteiger partial charge in [0.15, 0.2) is 0 Å². The zero-order valence-electron chi connectivity index (χ0n) is 25.9. The first-order valence-corrected chi connectivity index (χ1v) is 12.3. The molecule has 0 saturated carbocycles. The maximum atomic E-state index is 11.8. The van der Waals surface area contributed by atoms with E-state index in [1.807, 2.05) is 27.7 Å². The SMILES string of the molecule is CO.COc1cccc(C=NCC(C)(C)CN)c1[O-].COc1cccc(C=NCC(C)(C)CN)c1[O-].[N-]=[N+]=[N-].[N-]=[N+]=[N-].[Ni+3].[Ni+3]. The van der Waals surface area contributed by atoms with Gasteiger partial charge in [0.1, 0.15) is 11.5 Å². The molecule has 2 rings (SSSR count). The monoisotopic (exact) mass is 702 g/mol. The number of hydrogen-bond donors (Lipinski definition) is 3. The summed E-state index contributed by atoms with van der Waals surface area (Å²) in [4.78, 5) is 11.5. The fourth-order valence-electron chi connectivity index (χ4n) is 2.50. The topological polar surface area (TPSA) is 279 Å². The van der Waals surface area contributed by atoms with E-state index < -0.39 is 0 Å². The molecule has 0 heterocycles. The van der Waals surface area contributed by atoms with E-state index >= 15 is 0 Å². The third-order valence-electron chi connectivity index (χ3n) is 5.06. The van der Waals surface area contributed by atoms with Gasteiger partial charge in [0.2, 0.25) is 0 Å². The number of aliphatic imine (C=N–C) groups is 2. The average molecular weight is 704 g/mol. The summed E-state index contributed by atoms with van der Waals surface area (Å²) in [6.07, 6.45) is 3.17. The molecule has 0 aliphatic carbocycles. The fraction of sp³-hybridized carbons (Fsp3) is 0.481. The van der Waals surface area contributed by atoms with Gasteiger partial charge in [-0.1, -0.05) is 63.5 Å². The van der Waals surface area contributed by atoms with Gasteiger partial charge in [-0.3, -0.25) is 19.8 Å². The molecule has 44 heavy (non-hydrogen) atoms. The van der Waals surface area contributed by atoms with E-state index in [1.54, 1.807) is 48.8 Å². The molecule has 17 heteroatoms. The Hall–Kier alpha value is -3.53. The first-order chi connectivity index (χ1) is 19.8. The van der Waals surface area contributed by atoms with Crippen molar-refractivity contribution in [2.75, 3.05) is 47.5 Å². The van der Waals surface area contributed by atoms with Crippen molar-refractivity contribution < 1.29 is 57.8 Å². The van der Waals surface area contributed by atoms with Gasteiger partial charge in [0, 0.05) is 32.6 Å². The number of methoxy groups -OCH3 is 2. The number of para-hydroxylation sites is 2. The van der Waals surface area contributed by atoms with Crippen molar-refractivity contribution in [2.24, 2.45) is 32.3 Å². The molecule has 5 N–H and O–H groups in total. The predicted molar refractivity (Wildman–Crippen MR) is 164 cm³/mol. The normalized spacial score (nSPS) is 9.77. The van der Waals surface area contributed by atoms with E-state index in [0.717, 1.165) is 7.11 Å². The van der Waals surface area contributed by atoms with Crippen LogP contribution in [0.25, 0.3) is 31.9 Å². The van der Waals surface area contributed by atoms with Gasteiger partial charge >= 0.3 is 33.0 Å². The van der Waals surface area contributed by atoms with Crippen LogP contribution in [-0.4, -0.2) is 65.0 Å². The maximum Gasteiger partial charge on any atom is 3.00 e. The van der Waals surface area contributed by atoms with Gasteiger partial charge in [0.25, 0.3) is 0 Å². The molecule has 0 aliphatic rings. The molecule has 0 amide bonds. The van der Waals surface area contributed by atoms with Crippen molar-refractivity contribution in [3.05, 3.63) is 79.5 Å². The van der Waals surface area contributed by atoms with Crippen molar-refractivity contribution in [1.29, 1.82) is 0 Å². The minimum atomic E-state index is -0.135. The third kappa shape index (κ3) is 23.0. The summed E-state index contributed by atoms with van der Waals surface area (Å²) in [5, 5.41) is 30.6. The number of ether oxygens (including phenoxy) is 2. The minimum absolute atomic E-state index is 0. The van der Waals surface area contributed by atoms with Crippen molar-refractivity contribution in [1.82, 2.24) is 0 Å². The molecule has 0 fully saturated rings. The largest absolute Gasteiger partial charge is 3.00 e. The second-order valence-corrected chi connectivity index (χ2v) is 9.61. The molecule has 2 radical (unpaired) electrons. The molecule has 0 aromatic heterocycles. The summed E-state index contributed by atoms with van der Waals surface area (Å²) in [5.41, 5.74) is 39.2. The van der Waals surface area contributed by atoms with Crippen LogP contribution in [-0.2, 0) is 33.0 Å². The molecule has 0 saturated heterocycles. The van der Waals surface area contributed by atoms with Crippen LogP contribution in [0.15, 0.2) is 46.4 Å². The van der Waals surface area contributed by atoms with Crippen molar-refractivity contribution in [3.63, 3.8) is 0 Å². The van der Waals surface area contributed by atoms with Crippen molar-refractivity contribution >= 4 is 12.4 Å². The van der Waals surface area contributed by atoms with Crippen LogP contribution in [0.4, 0.5) is 0 Å². The number of nitrogens with two attached hydrogens (primary N) is 2. The summed E-state index contributed by atoms with van der Waals surface area (Å²) in [6, 6.07) is 10.3. The van der Waals surface area contributed by atoms with E-state index in [9.17, 15) is 10.2 Å². The predicted octanol–water partition coefficient (Wildman–Crippen LogP) is 3.68. The van der Waals surface area contributed by atoms with Gasteiger partial charge in [-0.15, -0.1) is 0 Å². The standard InChI is InChI=1S/2C13H20N2O2.CH4O.2N3.2Ni/c2*1-13(2,8-14)9-15-7-10-5-4-6-11(17-3)12(10)16;1-2;2*1-3-2;;/h2*4-7,16H,8-9,14H2,1-3H3;2H,1H3;;;;/q;;;2*-1;2*+3/p-2. The Bertz CT molecular complexity index is 1060. The van der Waals surface area contributed by atoms with Gasteiger partial charge in [-0.25, -0.2) is 0 Å². The number of rotatable bonds is 10. The fourth-order valence-corrected chi connectivity index (χ4v) is 2.50. The molecule has 0 bridgehead atoms. The number of aliphatic hydroxyl groups excluding tert-OH is 1. The van der Waals surface area contributed by atoms with Crippen molar-refractivity contribution in [3.8, 4) is 23.0 Å². The minimum Gasteiger partial charge on any atom is -0.870 e. The molecule has 2 aromatic carbocycles. The summed E-state index contributed by atoms with van der Waals surface area (Å²) in [5.74, 6) is 0.410. The summed E-state index contributed by atoms with van der Waals surface area (Å²) in [6.45, 7) is 10.5. The maximum absolute atomic E-state index is 11.8. The molecule has 2 aromatic rings. The molecule has 0 atom stereocenters. The van der Waals surface area contributed by atoms with E-state index in [-0.39, 0.29) is 55.3 Å². The Morgan fingerprint density at radius 2 is 1.00 bits per heavy atom. The van der Waals surface area contributed by atoms with Gasteiger partial charge in [-0.2, -0.15) is 0 Å². The van der Waals surface area contributed by atoms with Crippen molar-refractivity contribution in [2.45, 2.75) is 27.7 Å². The number of benzene rings is 2. The second-order valence-electron chi connectivity index (χ2n) is 9.61. The Morgan fingerprint density at radius 1 is 0.727 bits per heavy atom. The molecule has 0 aliphatic heterocycles. The van der Waals surface area contributed by atoms with Gasteiger partial charge in [0.05, 0.1) is 14.2 Å². The van der Waals surface area contributed by atoms with E-state index in [0.29, 0.717) is 48.8 Å². The van der Waals surface area contributed by atoms with Crippen LogP contribution in [0.3, 0.4) is 0 Å². The Morgan fingerprint density at radius 3 is 1.23 bits per heavy atom. The number of hydrogen-bond acceptors (Lipinski definition) is 9. The van der Waals surface area contributed by atoms with E-state index in [1.165, 1.54) is 24.0 Å². The van der Waals surface area contributed by atoms with Crippen LogP contribution in [0.2, 0.25) is 0 Å². The summed E-state index contributed by atoms with van der Waals surface area (Å²) >= 11 is 0. The Labute approximate surface area is 279 Å². The molecular formula is C27H42N10Ni2O5+2. The Balaban J connectivity index is -0.000000179. The molecule has 248 valence electrons. The molecule has 0 spiro atoms. The number of nitrogens with zero attached hydrogens (tertiary/aromatic N) is 8. The van der Waals surface area contributed by atoms with Gasteiger partial charge in [-0.05, 0) is 47.2 Å². The van der Waals surface area contributed by atoms with E-state index in [4.69, 9.17) is 48.2 Å². The quantitative estimate of drug-likeness (QED) is 0.108. The van der Waals surface area contributed by atoms with E-state index in [2.05, 4.69) is 9.98 Å². The van der Waals surface area contributed by atoms with Crippen LogP contribution >= 0.6 is 0 Å². The van der Waals surface area contributed by atoms with Crippen LogP contribution in [0.5, 0.6) is 23.0 Å². The molecule has 15 nitrogen and oxygen atoms in total. The zero-order chi connectivity index (χ0) is 33.2.